The van der Waals surface area contributed by atoms with Gasteiger partial charge in [-0.1, -0.05) is 6.92 Å². The van der Waals surface area contributed by atoms with Crippen LogP contribution in [0.2, 0.25) is 0 Å². The van der Waals surface area contributed by atoms with Crippen LogP contribution in [0.4, 0.5) is 0 Å². The Labute approximate surface area is 84.5 Å². The maximum Gasteiger partial charge on any atom is 0.147 e. The summed E-state index contributed by atoms with van der Waals surface area (Å²) < 4.78 is 5.95. The zero-order valence-electron chi connectivity index (χ0n) is 6.79. The average molecular weight is 251 g/mol. The first-order chi connectivity index (χ1) is 5.75. The van der Waals surface area contributed by atoms with Gasteiger partial charge in [-0.15, -0.1) is 0 Å². The second-order valence-corrected chi connectivity index (χ2v) is 4.48. The first-order valence-electron chi connectivity index (χ1n) is 3.74. The molecule has 1 heterocycles. The second kappa shape index (κ2) is 4.94. The van der Waals surface area contributed by atoms with Gasteiger partial charge in [0, 0.05) is 5.75 Å². The monoisotopic (exact) mass is 250 g/mol. The summed E-state index contributed by atoms with van der Waals surface area (Å²) in [5.41, 5.74) is 0. The lowest BCUT2D eigenvalue weighted by Crippen LogP contribution is -1.99. The number of aliphatic hydroxyl groups is 1. The van der Waals surface area contributed by atoms with Gasteiger partial charge in [0.15, 0.2) is 0 Å². The minimum atomic E-state index is -0.501. The molecule has 12 heavy (non-hydrogen) atoms. The predicted molar refractivity (Wildman–Crippen MR) is 54.4 cm³/mol. The maximum atomic E-state index is 9.58. The SMILES string of the molecule is CCSCC(O)c1occc1Br. The van der Waals surface area contributed by atoms with E-state index in [0.29, 0.717) is 11.5 Å². The van der Waals surface area contributed by atoms with Crippen LogP contribution in [-0.4, -0.2) is 16.6 Å². The molecule has 68 valence electrons. The smallest absolute Gasteiger partial charge is 0.147 e. The lowest BCUT2D eigenvalue weighted by molar-refractivity contribution is 0.173. The van der Waals surface area contributed by atoms with Crippen LogP contribution in [0.25, 0.3) is 0 Å². The van der Waals surface area contributed by atoms with Gasteiger partial charge in [0.1, 0.15) is 11.9 Å². The molecular weight excluding hydrogens is 240 g/mol. The highest BCUT2D eigenvalue weighted by atomic mass is 79.9. The number of furan rings is 1. The normalized spacial score (nSPS) is 13.2. The lowest BCUT2D eigenvalue weighted by Gasteiger charge is -2.06. The van der Waals surface area contributed by atoms with E-state index >= 15 is 0 Å². The van der Waals surface area contributed by atoms with Crippen molar-refractivity contribution in [1.29, 1.82) is 0 Å². The van der Waals surface area contributed by atoms with Crippen molar-refractivity contribution in [3.8, 4) is 0 Å². The summed E-state index contributed by atoms with van der Waals surface area (Å²) in [5.74, 6) is 2.31. The fraction of sp³-hybridized carbons (Fsp3) is 0.500. The van der Waals surface area contributed by atoms with Gasteiger partial charge in [-0.2, -0.15) is 11.8 Å². The quantitative estimate of drug-likeness (QED) is 0.893. The molecule has 0 spiro atoms. The summed E-state index contributed by atoms with van der Waals surface area (Å²) in [6.07, 6.45) is 1.07. The van der Waals surface area contributed by atoms with E-state index in [4.69, 9.17) is 4.42 Å². The highest BCUT2D eigenvalue weighted by Crippen LogP contribution is 2.26. The van der Waals surface area contributed by atoms with Crippen LogP contribution in [0.15, 0.2) is 21.2 Å². The summed E-state index contributed by atoms with van der Waals surface area (Å²) >= 11 is 4.99. The average Bonchev–Trinajstić information content (AvgIpc) is 2.47. The minimum Gasteiger partial charge on any atom is -0.465 e. The van der Waals surface area contributed by atoms with E-state index in [2.05, 4.69) is 22.9 Å². The zero-order valence-corrected chi connectivity index (χ0v) is 9.19. The molecule has 0 fully saturated rings. The topological polar surface area (TPSA) is 33.4 Å². The number of hydrogen-bond acceptors (Lipinski definition) is 3. The Morgan fingerprint density at radius 3 is 3.00 bits per heavy atom. The molecule has 0 aliphatic rings. The number of rotatable bonds is 4. The third-order valence-electron chi connectivity index (χ3n) is 1.43. The molecule has 1 atom stereocenters. The van der Waals surface area contributed by atoms with Gasteiger partial charge < -0.3 is 9.52 Å². The molecule has 0 aromatic carbocycles. The molecular formula is C8H11BrO2S. The van der Waals surface area contributed by atoms with E-state index in [0.717, 1.165) is 10.2 Å². The second-order valence-electron chi connectivity index (χ2n) is 2.31. The summed E-state index contributed by atoms with van der Waals surface area (Å²) in [7, 11) is 0. The van der Waals surface area contributed by atoms with Gasteiger partial charge >= 0.3 is 0 Å². The molecule has 1 unspecified atom stereocenters. The van der Waals surface area contributed by atoms with Crippen LogP contribution in [0.1, 0.15) is 18.8 Å². The minimum absolute atomic E-state index is 0.501. The van der Waals surface area contributed by atoms with Crippen molar-refractivity contribution < 1.29 is 9.52 Å². The standard InChI is InChI=1S/C8H11BrO2S/c1-2-12-5-7(10)8-6(9)3-4-11-8/h3-4,7,10H,2,5H2,1H3. The fourth-order valence-electron chi connectivity index (χ4n) is 0.848. The largest absolute Gasteiger partial charge is 0.465 e. The summed E-state index contributed by atoms with van der Waals surface area (Å²) in [4.78, 5) is 0. The third-order valence-corrected chi connectivity index (χ3v) is 3.04. The molecule has 1 aromatic rings. The van der Waals surface area contributed by atoms with Gasteiger partial charge in [0.05, 0.1) is 10.7 Å². The zero-order chi connectivity index (χ0) is 8.97. The molecule has 1 N–H and O–H groups in total. The Kier molecular flexibility index (Phi) is 4.18. The molecule has 0 aliphatic carbocycles. The van der Waals surface area contributed by atoms with Crippen LogP contribution in [0.3, 0.4) is 0 Å². The Morgan fingerprint density at radius 1 is 1.75 bits per heavy atom. The highest BCUT2D eigenvalue weighted by molar-refractivity contribution is 9.10. The molecule has 1 aromatic heterocycles. The first kappa shape index (κ1) is 10.2. The third kappa shape index (κ3) is 2.54. The van der Waals surface area contributed by atoms with Gasteiger partial charge in [-0.25, -0.2) is 0 Å². The van der Waals surface area contributed by atoms with Gasteiger partial charge in [0.25, 0.3) is 0 Å². The van der Waals surface area contributed by atoms with Gasteiger partial charge in [0.2, 0.25) is 0 Å². The van der Waals surface area contributed by atoms with Crippen molar-refractivity contribution in [2.24, 2.45) is 0 Å². The van der Waals surface area contributed by atoms with Gasteiger partial charge in [-0.3, -0.25) is 0 Å². The van der Waals surface area contributed by atoms with E-state index in [-0.39, 0.29) is 0 Å². The van der Waals surface area contributed by atoms with Crippen molar-refractivity contribution >= 4 is 27.7 Å². The fourth-order valence-corrected chi connectivity index (χ4v) is 1.92. The molecule has 1 rings (SSSR count). The van der Waals surface area contributed by atoms with Crippen LogP contribution in [0.5, 0.6) is 0 Å². The Morgan fingerprint density at radius 2 is 2.50 bits per heavy atom. The van der Waals surface area contributed by atoms with E-state index < -0.39 is 6.10 Å². The molecule has 0 amide bonds. The van der Waals surface area contributed by atoms with Crippen molar-refractivity contribution in [3.63, 3.8) is 0 Å². The first-order valence-corrected chi connectivity index (χ1v) is 5.69. The predicted octanol–water partition coefficient (Wildman–Crippen LogP) is 2.83. The number of thioether (sulfide) groups is 1. The summed E-state index contributed by atoms with van der Waals surface area (Å²) in [6, 6.07) is 1.79. The lowest BCUT2D eigenvalue weighted by atomic mass is 10.3. The van der Waals surface area contributed by atoms with E-state index in [1.165, 1.54) is 0 Å². The van der Waals surface area contributed by atoms with Crippen molar-refractivity contribution in [3.05, 3.63) is 22.6 Å². The van der Waals surface area contributed by atoms with Crippen LogP contribution < -0.4 is 0 Å². The van der Waals surface area contributed by atoms with Crippen LogP contribution in [-0.2, 0) is 0 Å². The van der Waals surface area contributed by atoms with Crippen molar-refractivity contribution in [1.82, 2.24) is 0 Å². The summed E-state index contributed by atoms with van der Waals surface area (Å²) in [5, 5.41) is 9.58. The van der Waals surface area contributed by atoms with Crippen molar-refractivity contribution in [2.45, 2.75) is 13.0 Å². The van der Waals surface area contributed by atoms with E-state index in [9.17, 15) is 5.11 Å². The van der Waals surface area contributed by atoms with Crippen molar-refractivity contribution in [2.75, 3.05) is 11.5 Å². The number of aliphatic hydroxyl groups excluding tert-OH is 1. The van der Waals surface area contributed by atoms with Crippen LogP contribution >= 0.6 is 27.7 Å². The maximum absolute atomic E-state index is 9.58. The number of hydrogen-bond donors (Lipinski definition) is 1. The van der Waals surface area contributed by atoms with Gasteiger partial charge in [-0.05, 0) is 27.7 Å². The van der Waals surface area contributed by atoms with E-state index in [1.54, 1.807) is 24.1 Å². The molecule has 4 heteroatoms. The molecule has 0 saturated heterocycles. The summed E-state index contributed by atoms with van der Waals surface area (Å²) in [6.45, 7) is 2.06. The molecule has 0 saturated carbocycles. The highest BCUT2D eigenvalue weighted by Gasteiger charge is 2.13. The Balaban J connectivity index is 2.52. The number of halogens is 1. The Bertz CT molecular complexity index is 237. The molecule has 0 bridgehead atoms. The Hall–Kier alpha value is 0.0700. The van der Waals surface area contributed by atoms with E-state index in [1.807, 2.05) is 0 Å². The molecule has 0 radical (unpaired) electrons. The van der Waals surface area contributed by atoms with Crippen LogP contribution in [0, 0.1) is 0 Å². The molecule has 0 aliphatic heterocycles. The molecule has 2 nitrogen and oxygen atoms in total.